The van der Waals surface area contributed by atoms with Gasteiger partial charge < -0.3 is 9.47 Å². The maximum Gasteiger partial charge on any atom is 0.196 e. The first-order chi connectivity index (χ1) is 14.7. The van der Waals surface area contributed by atoms with Crippen LogP contribution in [0.25, 0.3) is 17.1 Å². The quantitative estimate of drug-likeness (QED) is 0.375. The van der Waals surface area contributed by atoms with E-state index >= 15 is 0 Å². The highest BCUT2D eigenvalue weighted by molar-refractivity contribution is 7.98. The molecule has 4 aromatic rings. The maximum absolute atomic E-state index is 13.5. The van der Waals surface area contributed by atoms with Gasteiger partial charge in [0.25, 0.3) is 0 Å². The molecule has 1 heterocycles. The molecule has 0 radical (unpaired) electrons. The molecule has 0 atom stereocenters. The summed E-state index contributed by atoms with van der Waals surface area (Å²) in [7, 11) is 3.20. The van der Waals surface area contributed by atoms with Crippen molar-refractivity contribution in [1.82, 2.24) is 14.8 Å². The molecule has 30 heavy (non-hydrogen) atoms. The Morgan fingerprint density at radius 3 is 2.40 bits per heavy atom. The SMILES string of the molecule is COc1ccc(-c2nnc(SCc3cccc(F)c3)n2-c2ccccc2)cc1OC. The second-order valence-electron chi connectivity index (χ2n) is 6.47. The van der Waals surface area contributed by atoms with E-state index in [2.05, 4.69) is 10.2 Å². The lowest BCUT2D eigenvalue weighted by Gasteiger charge is -2.12. The predicted molar refractivity (Wildman–Crippen MR) is 116 cm³/mol. The molecule has 0 aliphatic carbocycles. The van der Waals surface area contributed by atoms with Crippen molar-refractivity contribution in [1.29, 1.82) is 0 Å². The van der Waals surface area contributed by atoms with Crippen molar-refractivity contribution in [3.63, 3.8) is 0 Å². The summed E-state index contributed by atoms with van der Waals surface area (Å²) in [5.74, 6) is 2.28. The summed E-state index contributed by atoms with van der Waals surface area (Å²) in [6.45, 7) is 0. The molecule has 0 fully saturated rings. The standard InChI is InChI=1S/C23H20FN3O2S/c1-28-20-12-11-17(14-21(20)29-2)22-25-26-23(27(22)19-9-4-3-5-10-19)30-15-16-7-6-8-18(24)13-16/h3-14H,15H2,1-2H3. The fourth-order valence-corrected chi connectivity index (χ4v) is 4.01. The number of hydrogen-bond acceptors (Lipinski definition) is 5. The van der Waals surface area contributed by atoms with Crippen LogP contribution in [0.4, 0.5) is 4.39 Å². The van der Waals surface area contributed by atoms with E-state index < -0.39 is 0 Å². The molecule has 0 aliphatic heterocycles. The van der Waals surface area contributed by atoms with Gasteiger partial charge in [-0.3, -0.25) is 4.57 Å². The molecule has 5 nitrogen and oxygen atoms in total. The zero-order valence-corrected chi connectivity index (χ0v) is 17.4. The second kappa shape index (κ2) is 9.00. The lowest BCUT2D eigenvalue weighted by molar-refractivity contribution is 0.355. The Balaban J connectivity index is 1.74. The van der Waals surface area contributed by atoms with E-state index in [0.29, 0.717) is 23.1 Å². The van der Waals surface area contributed by atoms with Gasteiger partial charge in [0.05, 0.1) is 14.2 Å². The number of hydrogen-bond donors (Lipinski definition) is 0. The molecule has 4 rings (SSSR count). The minimum atomic E-state index is -0.247. The van der Waals surface area contributed by atoms with Gasteiger partial charge in [-0.2, -0.15) is 0 Å². The number of benzene rings is 3. The third-order valence-electron chi connectivity index (χ3n) is 4.55. The van der Waals surface area contributed by atoms with Gasteiger partial charge in [0.2, 0.25) is 0 Å². The highest BCUT2D eigenvalue weighted by Crippen LogP contribution is 2.34. The van der Waals surface area contributed by atoms with Gasteiger partial charge in [0, 0.05) is 17.0 Å². The van der Waals surface area contributed by atoms with Crippen LogP contribution < -0.4 is 9.47 Å². The van der Waals surface area contributed by atoms with Crippen molar-refractivity contribution in [2.45, 2.75) is 10.9 Å². The van der Waals surface area contributed by atoms with E-state index in [0.717, 1.165) is 22.0 Å². The maximum atomic E-state index is 13.5. The Bertz CT molecular complexity index is 1150. The molecule has 152 valence electrons. The summed E-state index contributed by atoms with van der Waals surface area (Å²) in [4.78, 5) is 0. The molecule has 0 unspecified atom stereocenters. The van der Waals surface area contributed by atoms with E-state index in [9.17, 15) is 4.39 Å². The summed E-state index contributed by atoms with van der Waals surface area (Å²) in [6, 6.07) is 22.1. The highest BCUT2D eigenvalue weighted by Gasteiger charge is 2.18. The van der Waals surface area contributed by atoms with E-state index in [1.807, 2.05) is 59.2 Å². The van der Waals surface area contributed by atoms with Gasteiger partial charge >= 0.3 is 0 Å². The molecule has 0 spiro atoms. The molecule has 0 aliphatic rings. The Morgan fingerprint density at radius 2 is 1.67 bits per heavy atom. The minimum Gasteiger partial charge on any atom is -0.493 e. The summed E-state index contributed by atoms with van der Waals surface area (Å²) in [6.07, 6.45) is 0. The van der Waals surface area contributed by atoms with E-state index in [4.69, 9.17) is 9.47 Å². The van der Waals surface area contributed by atoms with Gasteiger partial charge in [-0.1, -0.05) is 42.1 Å². The van der Waals surface area contributed by atoms with E-state index in [-0.39, 0.29) is 5.82 Å². The molecular weight excluding hydrogens is 401 g/mol. The van der Waals surface area contributed by atoms with Crippen LogP contribution in [-0.2, 0) is 5.75 Å². The van der Waals surface area contributed by atoms with Crippen molar-refractivity contribution in [3.8, 4) is 28.6 Å². The van der Waals surface area contributed by atoms with E-state index in [1.54, 1.807) is 20.3 Å². The predicted octanol–water partition coefficient (Wildman–Crippen LogP) is 5.38. The second-order valence-corrected chi connectivity index (χ2v) is 7.41. The zero-order chi connectivity index (χ0) is 20.9. The van der Waals surface area contributed by atoms with Gasteiger partial charge in [0.15, 0.2) is 22.5 Å². The summed E-state index contributed by atoms with van der Waals surface area (Å²) in [5, 5.41) is 9.58. The normalized spacial score (nSPS) is 10.8. The fraction of sp³-hybridized carbons (Fsp3) is 0.130. The number of rotatable bonds is 7. The lowest BCUT2D eigenvalue weighted by Crippen LogP contribution is -2.00. The highest BCUT2D eigenvalue weighted by atomic mass is 32.2. The van der Waals surface area contributed by atoms with Crippen LogP contribution in [-0.4, -0.2) is 29.0 Å². The molecule has 0 bridgehead atoms. The van der Waals surface area contributed by atoms with Crippen molar-refractivity contribution in [3.05, 3.63) is 84.2 Å². The van der Waals surface area contributed by atoms with Crippen LogP contribution in [0.2, 0.25) is 0 Å². The number of ether oxygens (including phenoxy) is 2. The van der Waals surface area contributed by atoms with Gasteiger partial charge in [-0.05, 0) is 48.0 Å². The largest absolute Gasteiger partial charge is 0.493 e. The Kier molecular flexibility index (Phi) is 5.99. The Hall–Kier alpha value is -3.32. The van der Waals surface area contributed by atoms with Crippen molar-refractivity contribution in [2.24, 2.45) is 0 Å². The van der Waals surface area contributed by atoms with Crippen LogP contribution in [0.1, 0.15) is 5.56 Å². The van der Waals surface area contributed by atoms with Crippen molar-refractivity contribution >= 4 is 11.8 Å². The van der Waals surface area contributed by atoms with Gasteiger partial charge in [0.1, 0.15) is 5.82 Å². The molecule has 0 saturated heterocycles. The van der Waals surface area contributed by atoms with Crippen LogP contribution >= 0.6 is 11.8 Å². The Morgan fingerprint density at radius 1 is 0.867 bits per heavy atom. The molecule has 1 aromatic heterocycles. The minimum absolute atomic E-state index is 0.247. The lowest BCUT2D eigenvalue weighted by atomic mass is 10.2. The van der Waals surface area contributed by atoms with Gasteiger partial charge in [-0.25, -0.2) is 4.39 Å². The van der Waals surface area contributed by atoms with E-state index in [1.165, 1.54) is 23.9 Å². The van der Waals surface area contributed by atoms with Gasteiger partial charge in [-0.15, -0.1) is 10.2 Å². The van der Waals surface area contributed by atoms with Crippen LogP contribution in [0.5, 0.6) is 11.5 Å². The number of aromatic nitrogens is 3. The van der Waals surface area contributed by atoms with Crippen molar-refractivity contribution < 1.29 is 13.9 Å². The summed E-state index contributed by atoms with van der Waals surface area (Å²) in [5.41, 5.74) is 2.67. The smallest absolute Gasteiger partial charge is 0.196 e. The van der Waals surface area contributed by atoms with Crippen LogP contribution in [0.3, 0.4) is 0 Å². The first-order valence-electron chi connectivity index (χ1n) is 9.30. The average molecular weight is 421 g/mol. The monoisotopic (exact) mass is 421 g/mol. The molecule has 7 heteroatoms. The first-order valence-corrected chi connectivity index (χ1v) is 10.3. The number of nitrogens with zero attached hydrogens (tertiary/aromatic N) is 3. The van der Waals surface area contributed by atoms with Crippen LogP contribution in [0.15, 0.2) is 78.0 Å². The topological polar surface area (TPSA) is 49.2 Å². The third kappa shape index (κ3) is 4.16. The molecule has 0 amide bonds. The Labute approximate surface area is 178 Å². The molecular formula is C23H20FN3O2S. The molecule has 0 N–H and O–H groups in total. The summed E-state index contributed by atoms with van der Waals surface area (Å²) >= 11 is 1.50. The molecule has 0 saturated carbocycles. The zero-order valence-electron chi connectivity index (χ0n) is 16.6. The third-order valence-corrected chi connectivity index (χ3v) is 5.55. The first kappa shape index (κ1) is 20.0. The summed E-state index contributed by atoms with van der Waals surface area (Å²) < 4.78 is 26.3. The number of halogens is 1. The molecule has 3 aromatic carbocycles. The number of thioether (sulfide) groups is 1. The number of methoxy groups -OCH3 is 2. The van der Waals surface area contributed by atoms with Crippen LogP contribution in [0, 0.1) is 5.82 Å². The number of para-hydroxylation sites is 1. The average Bonchev–Trinajstić information content (AvgIpc) is 3.22. The fourth-order valence-electron chi connectivity index (χ4n) is 3.11. The van der Waals surface area contributed by atoms with Crippen molar-refractivity contribution in [2.75, 3.05) is 14.2 Å².